The Balaban J connectivity index is 2.23. The van der Waals surface area contributed by atoms with Gasteiger partial charge in [0.25, 0.3) is 0 Å². The number of pyridine rings is 1. The molecule has 0 aliphatic carbocycles. The summed E-state index contributed by atoms with van der Waals surface area (Å²) in [6.07, 6.45) is 15.5. The van der Waals surface area contributed by atoms with E-state index >= 15 is 0 Å². The van der Waals surface area contributed by atoms with E-state index < -0.39 is 0 Å². The molecule has 1 rings (SSSR count). The number of aromatic nitrogens is 1. The van der Waals surface area contributed by atoms with E-state index in [9.17, 15) is 0 Å². The van der Waals surface area contributed by atoms with Gasteiger partial charge in [0.2, 0.25) is 0 Å². The standard InChI is InChI=1S/C17H30NO/c1-2-3-4-7-11-17-12-10-14-18(16-17)13-8-5-6-9-15-19/h10,12,14,16,19H,2-9,11,13,15H2,1H3/q+1. The summed E-state index contributed by atoms with van der Waals surface area (Å²) in [6.45, 7) is 3.70. The van der Waals surface area contributed by atoms with E-state index in [-0.39, 0.29) is 0 Å². The van der Waals surface area contributed by atoms with Gasteiger partial charge in [-0.3, -0.25) is 0 Å². The molecule has 0 saturated carbocycles. The third-order valence-electron chi connectivity index (χ3n) is 3.56. The first-order valence-electron chi connectivity index (χ1n) is 7.95. The molecule has 2 heteroatoms. The largest absolute Gasteiger partial charge is 0.396 e. The fraction of sp³-hybridized carbons (Fsp3) is 0.706. The lowest BCUT2D eigenvalue weighted by Gasteiger charge is -2.02. The minimum Gasteiger partial charge on any atom is -0.396 e. The lowest BCUT2D eigenvalue weighted by molar-refractivity contribution is -0.697. The minimum atomic E-state index is 0.334. The zero-order chi connectivity index (χ0) is 13.8. The van der Waals surface area contributed by atoms with E-state index in [1.54, 1.807) is 0 Å². The van der Waals surface area contributed by atoms with E-state index in [1.165, 1.54) is 50.5 Å². The quantitative estimate of drug-likeness (QED) is 0.479. The fourth-order valence-corrected chi connectivity index (χ4v) is 2.38. The molecular formula is C17H30NO+. The molecule has 1 aromatic rings. The molecule has 0 aliphatic heterocycles. The van der Waals surface area contributed by atoms with Gasteiger partial charge in [-0.05, 0) is 31.7 Å². The highest BCUT2D eigenvalue weighted by atomic mass is 16.2. The average Bonchev–Trinajstić information content (AvgIpc) is 2.44. The van der Waals surface area contributed by atoms with Crippen molar-refractivity contribution >= 4 is 0 Å². The van der Waals surface area contributed by atoms with Gasteiger partial charge in [0, 0.05) is 24.7 Å². The van der Waals surface area contributed by atoms with E-state index in [0.29, 0.717) is 6.61 Å². The van der Waals surface area contributed by atoms with Crippen molar-refractivity contribution in [2.75, 3.05) is 6.61 Å². The third-order valence-corrected chi connectivity index (χ3v) is 3.56. The fourth-order valence-electron chi connectivity index (χ4n) is 2.38. The van der Waals surface area contributed by atoms with Crippen LogP contribution < -0.4 is 4.57 Å². The van der Waals surface area contributed by atoms with Crippen molar-refractivity contribution in [3.8, 4) is 0 Å². The normalized spacial score (nSPS) is 10.8. The van der Waals surface area contributed by atoms with Gasteiger partial charge in [0.05, 0.1) is 0 Å². The van der Waals surface area contributed by atoms with Crippen LogP contribution in [0.3, 0.4) is 0 Å². The van der Waals surface area contributed by atoms with Crippen molar-refractivity contribution in [2.45, 2.75) is 71.3 Å². The molecule has 0 atom stereocenters. The number of nitrogens with zero attached hydrogens (tertiary/aromatic N) is 1. The van der Waals surface area contributed by atoms with E-state index in [0.717, 1.165) is 19.4 Å². The highest BCUT2D eigenvalue weighted by Crippen LogP contribution is 2.06. The summed E-state index contributed by atoms with van der Waals surface area (Å²) in [7, 11) is 0. The Morgan fingerprint density at radius 3 is 2.58 bits per heavy atom. The van der Waals surface area contributed by atoms with Gasteiger partial charge >= 0.3 is 0 Å². The maximum Gasteiger partial charge on any atom is 0.171 e. The molecule has 0 saturated heterocycles. The van der Waals surface area contributed by atoms with Crippen molar-refractivity contribution < 1.29 is 9.67 Å². The Morgan fingerprint density at radius 2 is 1.79 bits per heavy atom. The first-order chi connectivity index (χ1) is 9.36. The number of unbranched alkanes of at least 4 members (excludes halogenated alkanes) is 6. The number of rotatable bonds is 11. The molecule has 1 heterocycles. The second-order valence-corrected chi connectivity index (χ2v) is 5.40. The minimum absolute atomic E-state index is 0.334. The van der Waals surface area contributed by atoms with Crippen LogP contribution in [0.1, 0.15) is 63.9 Å². The number of hydrogen-bond donors (Lipinski definition) is 1. The van der Waals surface area contributed by atoms with Crippen molar-refractivity contribution in [1.82, 2.24) is 0 Å². The van der Waals surface area contributed by atoms with Gasteiger partial charge in [-0.2, -0.15) is 0 Å². The predicted octanol–water partition coefficient (Wildman–Crippen LogP) is 3.65. The van der Waals surface area contributed by atoms with Crippen LogP contribution in [0, 0.1) is 0 Å². The topological polar surface area (TPSA) is 24.1 Å². The lowest BCUT2D eigenvalue weighted by Crippen LogP contribution is -2.33. The van der Waals surface area contributed by atoms with Crippen molar-refractivity contribution in [3.05, 3.63) is 30.1 Å². The summed E-state index contributed by atoms with van der Waals surface area (Å²) in [4.78, 5) is 0. The summed E-state index contributed by atoms with van der Waals surface area (Å²) in [6, 6.07) is 4.41. The van der Waals surface area contributed by atoms with Crippen LogP contribution >= 0.6 is 0 Å². The summed E-state index contributed by atoms with van der Waals surface area (Å²) >= 11 is 0. The molecule has 108 valence electrons. The molecule has 0 bridgehead atoms. The zero-order valence-electron chi connectivity index (χ0n) is 12.5. The van der Waals surface area contributed by atoms with Crippen LogP contribution in [0.2, 0.25) is 0 Å². The van der Waals surface area contributed by atoms with Crippen LogP contribution in [0.15, 0.2) is 24.5 Å². The lowest BCUT2D eigenvalue weighted by atomic mass is 10.1. The summed E-state index contributed by atoms with van der Waals surface area (Å²) in [5, 5.41) is 8.73. The Labute approximate surface area is 118 Å². The van der Waals surface area contributed by atoms with Crippen molar-refractivity contribution in [3.63, 3.8) is 0 Å². The Bertz CT molecular complexity index is 325. The first kappa shape index (κ1) is 16.2. The van der Waals surface area contributed by atoms with Gasteiger partial charge in [-0.15, -0.1) is 0 Å². The molecule has 0 radical (unpaired) electrons. The smallest absolute Gasteiger partial charge is 0.171 e. The number of hydrogen-bond acceptors (Lipinski definition) is 1. The van der Waals surface area contributed by atoms with Gasteiger partial charge in [-0.1, -0.05) is 32.6 Å². The van der Waals surface area contributed by atoms with Crippen LogP contribution in [-0.4, -0.2) is 11.7 Å². The summed E-state index contributed by atoms with van der Waals surface area (Å²) in [5.41, 5.74) is 1.47. The van der Waals surface area contributed by atoms with Gasteiger partial charge in [0.1, 0.15) is 6.54 Å². The van der Waals surface area contributed by atoms with Crippen LogP contribution in [0.5, 0.6) is 0 Å². The average molecular weight is 264 g/mol. The maximum atomic E-state index is 8.73. The molecule has 0 unspecified atom stereocenters. The van der Waals surface area contributed by atoms with Crippen LogP contribution in [-0.2, 0) is 13.0 Å². The zero-order valence-corrected chi connectivity index (χ0v) is 12.5. The molecule has 0 spiro atoms. The first-order valence-corrected chi connectivity index (χ1v) is 7.95. The molecule has 19 heavy (non-hydrogen) atoms. The van der Waals surface area contributed by atoms with Gasteiger partial charge < -0.3 is 5.11 Å². The van der Waals surface area contributed by atoms with Gasteiger partial charge in [-0.25, -0.2) is 4.57 Å². The van der Waals surface area contributed by atoms with Crippen LogP contribution in [0.25, 0.3) is 0 Å². The Hall–Kier alpha value is -0.890. The van der Waals surface area contributed by atoms with Gasteiger partial charge in [0.15, 0.2) is 12.4 Å². The predicted molar refractivity (Wildman–Crippen MR) is 80.0 cm³/mol. The SMILES string of the molecule is CCCCCCc1ccc[n+](CCCCCCO)c1. The molecule has 1 aromatic heterocycles. The molecule has 1 N–H and O–H groups in total. The number of aryl methyl sites for hydroxylation is 2. The second kappa shape index (κ2) is 11.0. The Kier molecular flexibility index (Phi) is 9.34. The molecule has 0 fully saturated rings. The van der Waals surface area contributed by atoms with E-state index in [4.69, 9.17) is 5.11 Å². The molecule has 0 amide bonds. The number of aliphatic hydroxyl groups excluding tert-OH is 1. The van der Waals surface area contributed by atoms with Crippen molar-refractivity contribution in [1.29, 1.82) is 0 Å². The summed E-state index contributed by atoms with van der Waals surface area (Å²) in [5.74, 6) is 0. The molecule has 0 aromatic carbocycles. The maximum absolute atomic E-state index is 8.73. The molecule has 0 aliphatic rings. The Morgan fingerprint density at radius 1 is 1.00 bits per heavy atom. The highest BCUT2D eigenvalue weighted by Gasteiger charge is 2.02. The monoisotopic (exact) mass is 264 g/mol. The number of aliphatic hydroxyl groups is 1. The van der Waals surface area contributed by atoms with Crippen LogP contribution in [0.4, 0.5) is 0 Å². The molecular weight excluding hydrogens is 234 g/mol. The third kappa shape index (κ3) is 7.99. The van der Waals surface area contributed by atoms with Crippen molar-refractivity contribution in [2.24, 2.45) is 0 Å². The molecule has 2 nitrogen and oxygen atoms in total. The van der Waals surface area contributed by atoms with E-state index in [1.807, 2.05) is 0 Å². The second-order valence-electron chi connectivity index (χ2n) is 5.40. The highest BCUT2D eigenvalue weighted by molar-refractivity contribution is 5.05. The summed E-state index contributed by atoms with van der Waals surface area (Å²) < 4.78 is 2.31. The van der Waals surface area contributed by atoms with E-state index in [2.05, 4.69) is 36.0 Å².